The SMILES string of the molecule is Cc1c([C@@H]2SCC(=O)Nc3ncn(-c4cccc(Cl)c4)c32)cnn1C. The van der Waals surface area contributed by atoms with Crippen LogP contribution in [0, 0.1) is 6.92 Å². The topological polar surface area (TPSA) is 64.7 Å². The minimum absolute atomic E-state index is 0.0494. The Hall–Kier alpha value is -2.25. The number of imidazole rings is 1. The summed E-state index contributed by atoms with van der Waals surface area (Å²) in [6.45, 7) is 2.03. The molecule has 0 fully saturated rings. The predicted molar refractivity (Wildman–Crippen MR) is 99.4 cm³/mol. The minimum atomic E-state index is -0.0517. The number of hydrogen-bond acceptors (Lipinski definition) is 4. The van der Waals surface area contributed by atoms with E-state index in [1.165, 1.54) is 0 Å². The highest BCUT2D eigenvalue weighted by Gasteiger charge is 2.31. The number of amides is 1. The third-order valence-corrected chi connectivity index (χ3v) is 5.81. The number of halogens is 1. The lowest BCUT2D eigenvalue weighted by atomic mass is 10.1. The highest BCUT2D eigenvalue weighted by atomic mass is 35.5. The zero-order chi connectivity index (χ0) is 17.6. The molecule has 0 saturated heterocycles. The number of carbonyl (C=O) groups excluding carboxylic acids is 1. The van der Waals surface area contributed by atoms with Crippen molar-refractivity contribution in [2.24, 2.45) is 7.05 Å². The Kier molecular flexibility index (Phi) is 4.05. The Morgan fingerprint density at radius 1 is 1.40 bits per heavy atom. The van der Waals surface area contributed by atoms with Crippen molar-refractivity contribution in [2.45, 2.75) is 12.2 Å². The van der Waals surface area contributed by atoms with E-state index in [4.69, 9.17) is 11.6 Å². The van der Waals surface area contributed by atoms with Crippen LogP contribution in [0.1, 0.15) is 22.2 Å². The fourth-order valence-electron chi connectivity index (χ4n) is 2.95. The number of aromatic nitrogens is 4. The molecule has 0 unspecified atom stereocenters. The first-order valence-corrected chi connectivity index (χ1v) is 9.20. The van der Waals surface area contributed by atoms with Crippen LogP contribution in [0.3, 0.4) is 0 Å². The van der Waals surface area contributed by atoms with Crippen molar-refractivity contribution in [1.82, 2.24) is 19.3 Å². The summed E-state index contributed by atoms with van der Waals surface area (Å²) in [6.07, 6.45) is 3.59. The van der Waals surface area contributed by atoms with Crippen molar-refractivity contribution >= 4 is 35.1 Å². The first kappa shape index (κ1) is 16.2. The number of carbonyl (C=O) groups is 1. The van der Waals surface area contributed by atoms with Crippen LogP contribution < -0.4 is 5.32 Å². The number of thioether (sulfide) groups is 1. The van der Waals surface area contributed by atoms with E-state index >= 15 is 0 Å². The van der Waals surface area contributed by atoms with Gasteiger partial charge in [0.05, 0.1) is 22.9 Å². The normalized spacial score (nSPS) is 17.1. The van der Waals surface area contributed by atoms with Crippen molar-refractivity contribution in [3.63, 3.8) is 0 Å². The molecule has 25 heavy (non-hydrogen) atoms. The summed E-state index contributed by atoms with van der Waals surface area (Å²) >= 11 is 7.73. The number of rotatable bonds is 2. The fourth-order valence-corrected chi connectivity index (χ4v) is 4.32. The second-order valence-electron chi connectivity index (χ2n) is 5.88. The Morgan fingerprint density at radius 3 is 2.96 bits per heavy atom. The molecule has 8 heteroatoms. The van der Waals surface area contributed by atoms with Gasteiger partial charge in [-0.2, -0.15) is 5.10 Å². The average molecular weight is 374 g/mol. The van der Waals surface area contributed by atoms with Crippen LogP contribution in [0.5, 0.6) is 0 Å². The highest BCUT2D eigenvalue weighted by molar-refractivity contribution is 8.00. The van der Waals surface area contributed by atoms with Gasteiger partial charge in [0.2, 0.25) is 5.91 Å². The van der Waals surface area contributed by atoms with Gasteiger partial charge in [-0.3, -0.25) is 14.0 Å². The molecule has 1 aliphatic rings. The summed E-state index contributed by atoms with van der Waals surface area (Å²) in [7, 11) is 1.92. The number of nitrogens with zero attached hydrogens (tertiary/aromatic N) is 4. The van der Waals surface area contributed by atoms with Gasteiger partial charge in [-0.1, -0.05) is 17.7 Å². The van der Waals surface area contributed by atoms with Gasteiger partial charge >= 0.3 is 0 Å². The standard InChI is InChI=1S/C17H16ClN5OS/c1-10-13(7-20-22(10)2)16-15-17(21-14(24)8-25-16)19-9-23(15)12-5-3-4-11(18)6-12/h3-7,9,16H,8H2,1-2H3,(H,21,24)/t16-/m0/s1. The van der Waals surface area contributed by atoms with E-state index in [1.807, 2.05) is 53.7 Å². The Labute approximate surface area is 154 Å². The second-order valence-corrected chi connectivity index (χ2v) is 7.41. The largest absolute Gasteiger partial charge is 0.308 e. The van der Waals surface area contributed by atoms with Crippen LogP contribution >= 0.6 is 23.4 Å². The number of anilines is 1. The van der Waals surface area contributed by atoms with Crippen LogP contribution in [0.15, 0.2) is 36.8 Å². The maximum Gasteiger partial charge on any atom is 0.235 e. The molecule has 1 N–H and O–H groups in total. The van der Waals surface area contributed by atoms with Gasteiger partial charge in [-0.15, -0.1) is 11.8 Å². The third-order valence-electron chi connectivity index (χ3n) is 4.33. The number of aryl methyl sites for hydroxylation is 1. The van der Waals surface area contributed by atoms with Crippen molar-refractivity contribution < 1.29 is 4.79 Å². The average Bonchev–Trinajstić information content (AvgIpc) is 3.09. The van der Waals surface area contributed by atoms with Crippen molar-refractivity contribution in [1.29, 1.82) is 0 Å². The molecule has 6 nitrogen and oxygen atoms in total. The van der Waals surface area contributed by atoms with Crippen molar-refractivity contribution in [3.8, 4) is 5.69 Å². The number of nitrogens with one attached hydrogen (secondary N) is 1. The molecule has 3 heterocycles. The zero-order valence-electron chi connectivity index (χ0n) is 13.7. The first-order chi connectivity index (χ1) is 12.0. The number of fused-ring (bicyclic) bond motifs is 1. The maximum atomic E-state index is 12.1. The summed E-state index contributed by atoms with van der Waals surface area (Å²) in [6, 6.07) is 7.59. The number of benzene rings is 1. The molecule has 1 aliphatic heterocycles. The molecule has 4 rings (SSSR count). The smallest absolute Gasteiger partial charge is 0.235 e. The molecule has 0 saturated carbocycles. The molecule has 0 aliphatic carbocycles. The highest BCUT2D eigenvalue weighted by Crippen LogP contribution is 2.43. The zero-order valence-corrected chi connectivity index (χ0v) is 15.3. The van der Waals surface area contributed by atoms with Gasteiger partial charge in [-0.25, -0.2) is 4.98 Å². The third kappa shape index (κ3) is 2.83. The van der Waals surface area contributed by atoms with E-state index in [9.17, 15) is 4.79 Å². The first-order valence-electron chi connectivity index (χ1n) is 7.77. The van der Waals surface area contributed by atoms with E-state index in [0.29, 0.717) is 16.6 Å². The summed E-state index contributed by atoms with van der Waals surface area (Å²) in [5.74, 6) is 0.903. The van der Waals surface area contributed by atoms with Crippen LogP contribution in [0.2, 0.25) is 5.02 Å². The van der Waals surface area contributed by atoms with Crippen LogP contribution in [-0.4, -0.2) is 31.0 Å². The molecule has 1 amide bonds. The van der Waals surface area contributed by atoms with Gasteiger partial charge < -0.3 is 5.32 Å². The molecular formula is C17H16ClN5OS. The van der Waals surface area contributed by atoms with Crippen molar-refractivity contribution in [2.75, 3.05) is 11.1 Å². The van der Waals surface area contributed by atoms with Crippen LogP contribution in [0.4, 0.5) is 5.82 Å². The quantitative estimate of drug-likeness (QED) is 0.748. The Balaban J connectivity index is 1.91. The van der Waals surface area contributed by atoms with E-state index in [1.54, 1.807) is 18.1 Å². The van der Waals surface area contributed by atoms with Gasteiger partial charge in [0, 0.05) is 29.0 Å². The lowest BCUT2D eigenvalue weighted by Gasteiger charge is -2.17. The molecule has 0 spiro atoms. The summed E-state index contributed by atoms with van der Waals surface area (Å²) in [5.41, 5.74) is 3.98. The summed E-state index contributed by atoms with van der Waals surface area (Å²) in [5, 5.41) is 7.86. The van der Waals surface area contributed by atoms with Crippen molar-refractivity contribution in [3.05, 3.63) is 58.8 Å². The molecular weight excluding hydrogens is 358 g/mol. The van der Waals surface area contributed by atoms with Gasteiger partial charge in [0.15, 0.2) is 5.82 Å². The fraction of sp³-hybridized carbons (Fsp3) is 0.235. The van der Waals surface area contributed by atoms with E-state index in [2.05, 4.69) is 15.4 Å². The number of hydrogen-bond donors (Lipinski definition) is 1. The predicted octanol–water partition coefficient (Wildman–Crippen LogP) is 3.34. The van der Waals surface area contributed by atoms with E-state index < -0.39 is 0 Å². The molecule has 0 radical (unpaired) electrons. The minimum Gasteiger partial charge on any atom is -0.308 e. The second kappa shape index (κ2) is 6.24. The molecule has 2 aromatic heterocycles. The van der Waals surface area contributed by atoms with E-state index in [-0.39, 0.29) is 11.2 Å². The van der Waals surface area contributed by atoms with Gasteiger partial charge in [-0.05, 0) is 25.1 Å². The Morgan fingerprint density at radius 2 is 2.24 bits per heavy atom. The molecule has 1 atom stereocenters. The molecule has 0 bridgehead atoms. The lowest BCUT2D eigenvalue weighted by Crippen LogP contribution is -2.12. The van der Waals surface area contributed by atoms with Gasteiger partial charge in [0.25, 0.3) is 0 Å². The Bertz CT molecular complexity index is 964. The molecule has 1 aromatic carbocycles. The van der Waals surface area contributed by atoms with Crippen LogP contribution in [-0.2, 0) is 11.8 Å². The van der Waals surface area contributed by atoms with Gasteiger partial charge in [0.1, 0.15) is 6.33 Å². The monoisotopic (exact) mass is 373 g/mol. The maximum absolute atomic E-state index is 12.1. The summed E-state index contributed by atoms with van der Waals surface area (Å²) in [4.78, 5) is 16.5. The van der Waals surface area contributed by atoms with Crippen LogP contribution in [0.25, 0.3) is 5.69 Å². The molecule has 128 valence electrons. The lowest BCUT2D eigenvalue weighted by molar-refractivity contribution is -0.113. The summed E-state index contributed by atoms with van der Waals surface area (Å²) < 4.78 is 3.83. The van der Waals surface area contributed by atoms with E-state index in [0.717, 1.165) is 22.6 Å². The molecule has 3 aromatic rings.